The molecule has 0 aliphatic heterocycles. The van der Waals surface area contributed by atoms with Gasteiger partial charge in [0, 0.05) is 6.04 Å². The van der Waals surface area contributed by atoms with Crippen LogP contribution in [0.15, 0.2) is 12.2 Å². The number of hydrogen-bond acceptors (Lipinski definition) is 1. The first-order valence-corrected chi connectivity index (χ1v) is 4.72. The van der Waals surface area contributed by atoms with Gasteiger partial charge in [0.1, 0.15) is 0 Å². The van der Waals surface area contributed by atoms with Gasteiger partial charge >= 0.3 is 0 Å². The van der Waals surface area contributed by atoms with Crippen LogP contribution >= 0.6 is 12.2 Å². The minimum Gasteiger partial charge on any atom is -0.356 e. The standard InChI is InChI=1S/C8H13N3S/c9-11-8(12)10-7-4-5-1-2-6(7)3-5/h1-2,5-7H,3-4,9H2,(H2,10,11,12)/p+1. The van der Waals surface area contributed by atoms with E-state index < -0.39 is 0 Å². The number of nitrogens with one attached hydrogen (secondary N) is 2. The molecule has 3 atom stereocenters. The monoisotopic (exact) mass is 184 g/mol. The Hall–Kier alpha value is -0.610. The predicted octanol–water partition coefficient (Wildman–Crippen LogP) is -0.428. The predicted molar refractivity (Wildman–Crippen MR) is 50.9 cm³/mol. The van der Waals surface area contributed by atoms with E-state index >= 15 is 0 Å². The number of fused-ring (bicyclic) bond motifs is 2. The average molecular weight is 184 g/mol. The van der Waals surface area contributed by atoms with Gasteiger partial charge in [-0.1, -0.05) is 12.2 Å². The Morgan fingerprint density at radius 2 is 2.25 bits per heavy atom. The van der Waals surface area contributed by atoms with Gasteiger partial charge in [-0.3, -0.25) is 5.84 Å². The first kappa shape index (κ1) is 8.01. The second kappa shape index (κ2) is 3.03. The number of quaternary nitrogens is 1. The van der Waals surface area contributed by atoms with Crippen LogP contribution in [0.3, 0.4) is 0 Å². The van der Waals surface area contributed by atoms with E-state index in [1.54, 1.807) is 0 Å². The Morgan fingerprint density at radius 1 is 1.42 bits per heavy atom. The molecule has 0 saturated heterocycles. The summed E-state index contributed by atoms with van der Waals surface area (Å²) in [6.07, 6.45) is 7.15. The van der Waals surface area contributed by atoms with Crippen LogP contribution in [0.1, 0.15) is 12.8 Å². The van der Waals surface area contributed by atoms with Gasteiger partial charge in [0.2, 0.25) is 5.11 Å². The zero-order valence-corrected chi connectivity index (χ0v) is 7.73. The van der Waals surface area contributed by atoms with Crippen molar-refractivity contribution in [2.75, 3.05) is 0 Å². The lowest BCUT2D eigenvalue weighted by Gasteiger charge is -2.19. The van der Waals surface area contributed by atoms with E-state index in [0.717, 1.165) is 5.92 Å². The fourth-order valence-corrected chi connectivity index (χ4v) is 2.32. The van der Waals surface area contributed by atoms with Crippen molar-refractivity contribution in [2.45, 2.75) is 18.9 Å². The molecular weight excluding hydrogens is 170 g/mol. The van der Waals surface area contributed by atoms with Crippen LogP contribution in [0, 0.1) is 11.8 Å². The van der Waals surface area contributed by atoms with Gasteiger partial charge < -0.3 is 5.32 Å². The zero-order chi connectivity index (χ0) is 8.55. The minimum absolute atomic E-state index is 0.543. The third kappa shape index (κ3) is 1.32. The fourth-order valence-electron chi connectivity index (χ4n) is 2.17. The third-order valence-electron chi connectivity index (χ3n) is 2.76. The topological polar surface area (TPSA) is 51.7 Å². The summed E-state index contributed by atoms with van der Waals surface area (Å²) in [4.78, 5) is 0. The molecule has 0 aromatic rings. The van der Waals surface area contributed by atoms with E-state index in [1.807, 2.05) is 0 Å². The van der Waals surface area contributed by atoms with Gasteiger partial charge in [-0.15, -0.1) is 0 Å². The molecule has 3 unspecified atom stereocenters. The Morgan fingerprint density at radius 3 is 2.75 bits per heavy atom. The molecule has 5 N–H and O–H groups in total. The lowest BCUT2D eigenvalue weighted by atomic mass is 10.0. The molecule has 1 saturated carbocycles. The van der Waals surface area contributed by atoms with Crippen LogP contribution in [-0.2, 0) is 0 Å². The van der Waals surface area contributed by atoms with Crippen molar-refractivity contribution in [3.05, 3.63) is 12.2 Å². The van der Waals surface area contributed by atoms with Crippen molar-refractivity contribution in [3.63, 3.8) is 0 Å². The van der Waals surface area contributed by atoms with Gasteiger partial charge in [-0.25, -0.2) is 5.43 Å². The van der Waals surface area contributed by atoms with E-state index in [2.05, 4.69) is 28.7 Å². The average Bonchev–Trinajstić information content (AvgIpc) is 2.64. The summed E-state index contributed by atoms with van der Waals surface area (Å²) in [5.74, 6) is 5.01. The highest BCUT2D eigenvalue weighted by Gasteiger charge is 2.35. The zero-order valence-electron chi connectivity index (χ0n) is 6.92. The smallest absolute Gasteiger partial charge is 0.213 e. The molecule has 4 heteroatoms. The second-order valence-electron chi connectivity index (χ2n) is 3.54. The lowest BCUT2D eigenvalue weighted by Crippen LogP contribution is -2.70. The van der Waals surface area contributed by atoms with Crippen molar-refractivity contribution in [2.24, 2.45) is 11.8 Å². The first-order valence-electron chi connectivity index (χ1n) is 4.31. The van der Waals surface area contributed by atoms with Gasteiger partial charge in [0.25, 0.3) is 0 Å². The maximum absolute atomic E-state index is 5.00. The summed E-state index contributed by atoms with van der Waals surface area (Å²) in [6, 6.07) is 0.543. The third-order valence-corrected chi connectivity index (χ3v) is 3.02. The maximum atomic E-state index is 5.00. The molecule has 2 rings (SSSR count). The number of rotatable bonds is 1. The molecule has 2 bridgehead atoms. The highest BCUT2D eigenvalue weighted by atomic mass is 32.1. The van der Waals surface area contributed by atoms with Crippen LogP contribution in [-0.4, -0.2) is 11.2 Å². The van der Waals surface area contributed by atoms with Crippen molar-refractivity contribution in [1.29, 1.82) is 0 Å². The molecular formula is C8H14N3S+. The largest absolute Gasteiger partial charge is 0.356 e. The molecule has 0 radical (unpaired) electrons. The summed E-state index contributed by atoms with van der Waals surface area (Å²) in [6.45, 7) is 0. The molecule has 3 nitrogen and oxygen atoms in total. The molecule has 0 aromatic carbocycles. The molecule has 2 aliphatic rings. The van der Waals surface area contributed by atoms with E-state index in [-0.39, 0.29) is 0 Å². The van der Waals surface area contributed by atoms with Gasteiger partial charge in [-0.2, -0.15) is 0 Å². The lowest BCUT2D eigenvalue weighted by molar-refractivity contribution is -0.419. The summed E-state index contributed by atoms with van der Waals surface area (Å²) >= 11 is 5.00. The summed E-state index contributed by atoms with van der Waals surface area (Å²) in [7, 11) is 0. The highest BCUT2D eigenvalue weighted by molar-refractivity contribution is 7.80. The molecule has 0 amide bonds. The fraction of sp³-hybridized carbons (Fsp3) is 0.625. The van der Waals surface area contributed by atoms with Crippen LogP contribution in [0.4, 0.5) is 0 Å². The van der Waals surface area contributed by atoms with Crippen LogP contribution < -0.4 is 16.6 Å². The van der Waals surface area contributed by atoms with Gasteiger partial charge in [-0.05, 0) is 36.9 Å². The highest BCUT2D eigenvalue weighted by Crippen LogP contribution is 2.38. The van der Waals surface area contributed by atoms with Crippen LogP contribution in [0.2, 0.25) is 0 Å². The SMILES string of the molecule is [NH3+]NC(=S)NC1CC2C=CC1C2. The quantitative estimate of drug-likeness (QED) is 0.294. The van der Waals surface area contributed by atoms with E-state index in [9.17, 15) is 0 Å². The van der Waals surface area contributed by atoms with Crippen molar-refractivity contribution in [1.82, 2.24) is 10.7 Å². The van der Waals surface area contributed by atoms with Crippen molar-refractivity contribution in [3.8, 4) is 0 Å². The summed E-state index contributed by atoms with van der Waals surface area (Å²) < 4.78 is 0. The number of thiocarbonyl (C=S) groups is 1. The molecule has 0 spiro atoms. The van der Waals surface area contributed by atoms with Crippen LogP contribution in [0.25, 0.3) is 0 Å². The normalized spacial score (nSPS) is 36.9. The van der Waals surface area contributed by atoms with Crippen LogP contribution in [0.5, 0.6) is 0 Å². The second-order valence-corrected chi connectivity index (χ2v) is 3.95. The molecule has 66 valence electrons. The Bertz CT molecular complexity index is 226. The van der Waals surface area contributed by atoms with E-state index in [0.29, 0.717) is 17.1 Å². The molecule has 12 heavy (non-hydrogen) atoms. The Kier molecular flexibility index (Phi) is 2.02. The summed E-state index contributed by atoms with van der Waals surface area (Å²) in [5, 5.41) is 3.93. The Balaban J connectivity index is 1.91. The molecule has 2 aliphatic carbocycles. The molecule has 0 aromatic heterocycles. The molecule has 1 fully saturated rings. The van der Waals surface area contributed by atoms with Crippen molar-refractivity contribution < 1.29 is 5.84 Å². The van der Waals surface area contributed by atoms with Gasteiger partial charge in [0.15, 0.2) is 0 Å². The minimum atomic E-state index is 0.543. The van der Waals surface area contributed by atoms with E-state index in [4.69, 9.17) is 12.2 Å². The first-order chi connectivity index (χ1) is 5.79. The number of hydrogen-bond donors (Lipinski definition) is 3. The van der Waals surface area contributed by atoms with Crippen molar-refractivity contribution >= 4 is 17.3 Å². The van der Waals surface area contributed by atoms with Gasteiger partial charge in [0.05, 0.1) is 0 Å². The number of allylic oxidation sites excluding steroid dienone is 1. The maximum Gasteiger partial charge on any atom is 0.213 e. The van der Waals surface area contributed by atoms with E-state index in [1.165, 1.54) is 12.8 Å². The summed E-state index contributed by atoms with van der Waals surface area (Å²) in [5.41, 5.74) is 2.70. The molecule has 0 heterocycles. The Labute approximate surface area is 77.4 Å².